The molecule has 1 aromatic rings. The number of aromatic nitrogens is 2. The van der Waals surface area contributed by atoms with E-state index in [2.05, 4.69) is 27.5 Å². The largest absolute Gasteiger partial charge is 0.479 e. The summed E-state index contributed by atoms with van der Waals surface area (Å²) in [6, 6.07) is 0. The Morgan fingerprint density at radius 3 is 2.72 bits per heavy atom. The fraction of sp³-hybridized carbons (Fsp3) is 0.727. The van der Waals surface area contributed by atoms with Crippen molar-refractivity contribution in [3.8, 4) is 5.88 Å². The molecule has 0 aromatic carbocycles. The van der Waals surface area contributed by atoms with Crippen LogP contribution in [0.1, 0.15) is 20.3 Å². The summed E-state index contributed by atoms with van der Waals surface area (Å²) in [6.45, 7) is 5.87. The number of carboxylic acids is 1. The molecule has 1 aliphatic rings. The molecule has 2 rings (SSSR count). The van der Waals surface area contributed by atoms with Gasteiger partial charge in [-0.3, -0.25) is 0 Å². The normalized spacial score (nSPS) is 24.0. The van der Waals surface area contributed by atoms with Crippen molar-refractivity contribution in [2.24, 2.45) is 11.8 Å². The van der Waals surface area contributed by atoms with Crippen LogP contribution in [0.2, 0.25) is 0 Å². The number of carbonyl (C=O) groups is 1. The van der Waals surface area contributed by atoms with Gasteiger partial charge in [0, 0.05) is 13.1 Å². The number of ether oxygens (including phenoxy) is 1. The number of aliphatic carboxylic acids is 1. The molecule has 7 heteroatoms. The predicted octanol–water partition coefficient (Wildman–Crippen LogP) is 1.48. The van der Waals surface area contributed by atoms with Crippen molar-refractivity contribution in [2.45, 2.75) is 20.3 Å². The lowest BCUT2D eigenvalue weighted by Crippen LogP contribution is -2.39. The van der Waals surface area contributed by atoms with Crippen LogP contribution < -0.4 is 9.64 Å². The van der Waals surface area contributed by atoms with Crippen molar-refractivity contribution < 1.29 is 14.6 Å². The highest BCUT2D eigenvalue weighted by Gasteiger charge is 2.26. The van der Waals surface area contributed by atoms with E-state index in [9.17, 15) is 4.79 Å². The Bertz CT molecular complexity index is 413. The first-order valence-corrected chi connectivity index (χ1v) is 6.71. The fourth-order valence-electron chi connectivity index (χ4n) is 2.43. The van der Waals surface area contributed by atoms with E-state index in [1.54, 1.807) is 0 Å². The highest BCUT2D eigenvalue weighted by molar-refractivity contribution is 6.99. The van der Waals surface area contributed by atoms with Gasteiger partial charge in [0.1, 0.15) is 0 Å². The zero-order valence-corrected chi connectivity index (χ0v) is 11.3. The average Bonchev–Trinajstić information content (AvgIpc) is 2.72. The topological polar surface area (TPSA) is 75.5 Å². The van der Waals surface area contributed by atoms with Crippen LogP contribution >= 0.6 is 11.7 Å². The first kappa shape index (κ1) is 13.1. The molecule has 2 atom stereocenters. The minimum atomic E-state index is -1.01. The maximum atomic E-state index is 10.5. The number of hydrogen-bond acceptors (Lipinski definition) is 6. The third-order valence-corrected chi connectivity index (χ3v) is 3.45. The third-order valence-electron chi connectivity index (χ3n) is 2.94. The Morgan fingerprint density at radius 2 is 2.11 bits per heavy atom. The molecule has 1 aliphatic heterocycles. The average molecular weight is 271 g/mol. The summed E-state index contributed by atoms with van der Waals surface area (Å²) in [7, 11) is 0. The van der Waals surface area contributed by atoms with E-state index in [1.165, 1.54) is 6.42 Å². The summed E-state index contributed by atoms with van der Waals surface area (Å²) in [4.78, 5) is 12.6. The van der Waals surface area contributed by atoms with Gasteiger partial charge in [-0.05, 0) is 18.3 Å². The zero-order chi connectivity index (χ0) is 13.1. The maximum Gasteiger partial charge on any atom is 0.341 e. The van der Waals surface area contributed by atoms with Crippen LogP contribution in [0.3, 0.4) is 0 Å². The predicted molar refractivity (Wildman–Crippen MR) is 68.2 cm³/mol. The van der Waals surface area contributed by atoms with Crippen LogP contribution in [-0.2, 0) is 4.79 Å². The van der Waals surface area contributed by atoms with Crippen LogP contribution in [0.25, 0.3) is 0 Å². The highest BCUT2D eigenvalue weighted by atomic mass is 32.1. The number of hydrogen-bond donors (Lipinski definition) is 1. The minimum absolute atomic E-state index is 0.337. The molecule has 0 saturated carbocycles. The molecule has 0 radical (unpaired) electrons. The van der Waals surface area contributed by atoms with E-state index in [1.807, 2.05) is 0 Å². The van der Waals surface area contributed by atoms with Gasteiger partial charge >= 0.3 is 5.97 Å². The molecule has 1 fully saturated rings. The molecule has 1 aromatic heterocycles. The van der Waals surface area contributed by atoms with Crippen molar-refractivity contribution in [3.05, 3.63) is 0 Å². The summed E-state index contributed by atoms with van der Waals surface area (Å²) in [5, 5.41) is 8.61. The second-order valence-corrected chi connectivity index (χ2v) is 5.45. The monoisotopic (exact) mass is 271 g/mol. The molecular weight excluding hydrogens is 254 g/mol. The van der Waals surface area contributed by atoms with Crippen molar-refractivity contribution in [1.82, 2.24) is 8.75 Å². The van der Waals surface area contributed by atoms with Crippen LogP contribution in [0.4, 0.5) is 5.82 Å². The molecule has 2 heterocycles. The molecule has 1 N–H and O–H groups in total. The van der Waals surface area contributed by atoms with Crippen LogP contribution in [0.15, 0.2) is 0 Å². The van der Waals surface area contributed by atoms with Crippen molar-refractivity contribution in [2.75, 3.05) is 24.6 Å². The Hall–Kier alpha value is -1.37. The van der Waals surface area contributed by atoms with E-state index < -0.39 is 5.97 Å². The van der Waals surface area contributed by atoms with Crippen LogP contribution in [-0.4, -0.2) is 39.5 Å². The van der Waals surface area contributed by atoms with Gasteiger partial charge in [0.15, 0.2) is 6.61 Å². The molecular formula is C11H17N3O3S. The molecule has 0 spiro atoms. The lowest BCUT2D eigenvalue weighted by atomic mass is 9.92. The van der Waals surface area contributed by atoms with Gasteiger partial charge in [-0.15, -0.1) is 4.37 Å². The lowest BCUT2D eigenvalue weighted by Gasteiger charge is -2.35. The number of anilines is 1. The summed E-state index contributed by atoms with van der Waals surface area (Å²) in [5.41, 5.74) is 0. The summed E-state index contributed by atoms with van der Waals surface area (Å²) in [5.74, 6) is 1.21. The van der Waals surface area contributed by atoms with Crippen molar-refractivity contribution in [1.29, 1.82) is 0 Å². The number of carboxylic acid groups (broad SMARTS) is 1. The first-order chi connectivity index (χ1) is 8.56. The zero-order valence-electron chi connectivity index (χ0n) is 10.5. The molecule has 0 aliphatic carbocycles. The highest BCUT2D eigenvalue weighted by Crippen LogP contribution is 2.31. The van der Waals surface area contributed by atoms with Gasteiger partial charge in [0.05, 0.1) is 11.7 Å². The molecule has 100 valence electrons. The SMILES string of the molecule is C[C@@H]1C[C@H](C)CN(c2nsnc2OCC(=O)O)C1. The van der Waals surface area contributed by atoms with E-state index >= 15 is 0 Å². The standard InChI is InChI=1S/C11H17N3O3S/c1-7-3-8(2)5-14(4-7)10-11(13-18-12-10)17-6-9(15)16/h7-8H,3-6H2,1-2H3,(H,15,16)/t7-,8+. The summed E-state index contributed by atoms with van der Waals surface area (Å²) in [6.07, 6.45) is 1.21. The Balaban J connectivity index is 2.08. The number of nitrogens with zero attached hydrogens (tertiary/aromatic N) is 3. The van der Waals surface area contributed by atoms with E-state index in [0.717, 1.165) is 24.8 Å². The Labute approximate surface area is 110 Å². The summed E-state index contributed by atoms with van der Waals surface area (Å²) < 4.78 is 13.4. The second-order valence-electron chi connectivity index (χ2n) is 4.93. The molecule has 0 amide bonds. The van der Waals surface area contributed by atoms with Gasteiger partial charge in [-0.1, -0.05) is 13.8 Å². The quantitative estimate of drug-likeness (QED) is 0.894. The minimum Gasteiger partial charge on any atom is -0.479 e. The van der Waals surface area contributed by atoms with Gasteiger partial charge < -0.3 is 14.7 Å². The van der Waals surface area contributed by atoms with Crippen molar-refractivity contribution >= 4 is 23.5 Å². The molecule has 0 unspecified atom stereocenters. The summed E-state index contributed by atoms with van der Waals surface area (Å²) >= 11 is 1.05. The molecule has 0 bridgehead atoms. The maximum absolute atomic E-state index is 10.5. The van der Waals surface area contributed by atoms with Crippen molar-refractivity contribution in [3.63, 3.8) is 0 Å². The van der Waals surface area contributed by atoms with Crippen LogP contribution in [0, 0.1) is 11.8 Å². The smallest absolute Gasteiger partial charge is 0.341 e. The molecule has 1 saturated heterocycles. The van der Waals surface area contributed by atoms with Gasteiger partial charge in [-0.2, -0.15) is 4.37 Å². The van der Waals surface area contributed by atoms with E-state index in [0.29, 0.717) is 23.5 Å². The lowest BCUT2D eigenvalue weighted by molar-refractivity contribution is -0.139. The number of rotatable bonds is 4. The second kappa shape index (κ2) is 5.51. The molecule has 6 nitrogen and oxygen atoms in total. The molecule has 18 heavy (non-hydrogen) atoms. The van der Waals surface area contributed by atoms with Gasteiger partial charge in [0.2, 0.25) is 5.82 Å². The fourth-order valence-corrected chi connectivity index (χ4v) is 2.95. The Morgan fingerprint density at radius 1 is 1.44 bits per heavy atom. The van der Waals surface area contributed by atoms with Gasteiger partial charge in [-0.25, -0.2) is 4.79 Å². The van der Waals surface area contributed by atoms with Crippen LogP contribution in [0.5, 0.6) is 5.88 Å². The third kappa shape index (κ3) is 3.10. The van der Waals surface area contributed by atoms with E-state index in [4.69, 9.17) is 9.84 Å². The van der Waals surface area contributed by atoms with Gasteiger partial charge in [0.25, 0.3) is 5.88 Å². The first-order valence-electron chi connectivity index (χ1n) is 5.98. The Kier molecular flexibility index (Phi) is 4.00. The number of piperidine rings is 1. The van der Waals surface area contributed by atoms with E-state index in [-0.39, 0.29) is 6.61 Å².